The molecule has 2 aliphatic rings. The van der Waals surface area contributed by atoms with Gasteiger partial charge < -0.3 is 4.90 Å². The molecule has 112 valence electrons. The first-order valence-corrected chi connectivity index (χ1v) is 9.15. The Kier molecular flexibility index (Phi) is 2.99. The van der Waals surface area contributed by atoms with Gasteiger partial charge in [0.05, 0.1) is 10.2 Å². The number of alkyl halides is 2. The summed E-state index contributed by atoms with van der Waals surface area (Å²) in [5.74, 6) is -2.42. The normalized spacial score (nSPS) is 22.9. The van der Waals surface area contributed by atoms with Gasteiger partial charge in [-0.15, -0.1) is 11.8 Å². The maximum atomic E-state index is 13.4. The van der Waals surface area contributed by atoms with E-state index in [1.165, 1.54) is 9.60 Å². The van der Waals surface area contributed by atoms with Crippen molar-refractivity contribution in [2.75, 3.05) is 24.2 Å². The molecule has 1 spiro atoms. The fourth-order valence-corrected chi connectivity index (χ4v) is 4.78. The molecule has 0 unspecified atom stereocenters. The molecule has 1 aromatic carbocycles. The average molecular weight is 326 g/mol. The van der Waals surface area contributed by atoms with E-state index in [1.807, 2.05) is 6.07 Å². The van der Waals surface area contributed by atoms with Crippen LogP contribution < -0.4 is 4.90 Å². The van der Waals surface area contributed by atoms with Crippen LogP contribution >= 0.6 is 23.1 Å². The summed E-state index contributed by atoms with van der Waals surface area (Å²) in [5, 5.41) is 0.974. The van der Waals surface area contributed by atoms with Crippen molar-refractivity contribution in [3.05, 3.63) is 18.2 Å². The van der Waals surface area contributed by atoms with Crippen molar-refractivity contribution in [3.63, 3.8) is 0 Å². The zero-order chi connectivity index (χ0) is 14.7. The molecule has 1 aromatic heterocycles. The van der Waals surface area contributed by atoms with Gasteiger partial charge in [0.1, 0.15) is 0 Å². The SMILES string of the molecule is CSc1ccc2nc(N3CCC4(CC3)CC4(F)F)sc2c1. The summed E-state index contributed by atoms with van der Waals surface area (Å²) in [6.07, 6.45) is 3.33. The minimum atomic E-state index is -2.42. The highest BCUT2D eigenvalue weighted by Gasteiger charge is 2.70. The predicted octanol–water partition coefficient (Wildman–Crippen LogP) is 4.64. The Hall–Kier alpha value is -0.880. The maximum Gasteiger partial charge on any atom is 0.254 e. The molecule has 1 aliphatic heterocycles. The van der Waals surface area contributed by atoms with Crippen LogP contribution in [0.2, 0.25) is 0 Å². The predicted molar refractivity (Wildman–Crippen MR) is 84.8 cm³/mol. The second kappa shape index (κ2) is 4.56. The third-order valence-corrected chi connectivity index (χ3v) is 6.59. The van der Waals surface area contributed by atoms with E-state index in [0.717, 1.165) is 10.6 Å². The Morgan fingerprint density at radius 3 is 2.62 bits per heavy atom. The van der Waals surface area contributed by atoms with Crippen LogP contribution in [0.3, 0.4) is 0 Å². The molecule has 0 N–H and O–H groups in total. The molecule has 2 heterocycles. The van der Waals surface area contributed by atoms with Gasteiger partial charge in [-0.25, -0.2) is 13.8 Å². The van der Waals surface area contributed by atoms with Crippen molar-refractivity contribution < 1.29 is 8.78 Å². The summed E-state index contributed by atoms with van der Waals surface area (Å²) < 4.78 is 28.0. The van der Waals surface area contributed by atoms with Crippen molar-refractivity contribution in [2.45, 2.75) is 30.1 Å². The molecule has 2 fully saturated rings. The Balaban J connectivity index is 1.55. The Labute approximate surface area is 130 Å². The summed E-state index contributed by atoms with van der Waals surface area (Å²) in [6.45, 7) is 1.40. The van der Waals surface area contributed by atoms with Gasteiger partial charge in [0.15, 0.2) is 5.13 Å². The number of fused-ring (bicyclic) bond motifs is 1. The van der Waals surface area contributed by atoms with Gasteiger partial charge in [-0.3, -0.25) is 0 Å². The minimum absolute atomic E-state index is 0.0881. The molecular weight excluding hydrogens is 310 g/mol. The molecule has 0 bridgehead atoms. The van der Waals surface area contributed by atoms with E-state index >= 15 is 0 Å². The van der Waals surface area contributed by atoms with E-state index in [2.05, 4.69) is 28.3 Å². The first-order valence-electron chi connectivity index (χ1n) is 7.10. The van der Waals surface area contributed by atoms with Crippen LogP contribution in [0.5, 0.6) is 0 Å². The molecule has 1 saturated heterocycles. The molecule has 2 nitrogen and oxygen atoms in total. The number of piperidine rings is 1. The van der Waals surface area contributed by atoms with E-state index in [0.29, 0.717) is 25.9 Å². The van der Waals surface area contributed by atoms with Crippen LogP contribution in [0.15, 0.2) is 23.1 Å². The monoisotopic (exact) mass is 326 g/mol. The number of anilines is 1. The first kappa shape index (κ1) is 13.8. The maximum absolute atomic E-state index is 13.4. The molecular formula is C15H16F2N2S2. The van der Waals surface area contributed by atoms with Crippen LogP contribution in [-0.2, 0) is 0 Å². The average Bonchev–Trinajstić information content (AvgIpc) is 2.85. The topological polar surface area (TPSA) is 16.1 Å². The van der Waals surface area contributed by atoms with Gasteiger partial charge in [-0.05, 0) is 37.3 Å². The van der Waals surface area contributed by atoms with Gasteiger partial charge >= 0.3 is 0 Å². The van der Waals surface area contributed by atoms with Gasteiger partial charge in [-0.2, -0.15) is 0 Å². The quantitative estimate of drug-likeness (QED) is 0.748. The van der Waals surface area contributed by atoms with E-state index in [1.54, 1.807) is 23.1 Å². The molecule has 1 saturated carbocycles. The number of aromatic nitrogens is 1. The highest BCUT2D eigenvalue weighted by atomic mass is 32.2. The number of nitrogens with zero attached hydrogens (tertiary/aromatic N) is 2. The first-order chi connectivity index (χ1) is 10.0. The third-order valence-electron chi connectivity index (χ3n) is 4.79. The van der Waals surface area contributed by atoms with E-state index in [-0.39, 0.29) is 6.42 Å². The number of hydrogen-bond acceptors (Lipinski definition) is 4. The van der Waals surface area contributed by atoms with E-state index in [4.69, 9.17) is 0 Å². The molecule has 0 atom stereocenters. The van der Waals surface area contributed by atoms with Crippen LogP contribution in [0.4, 0.5) is 13.9 Å². The van der Waals surface area contributed by atoms with Crippen molar-refractivity contribution in [1.82, 2.24) is 4.98 Å². The standard InChI is InChI=1S/C15H16F2N2S2/c1-20-10-2-3-11-12(8-10)21-13(18-11)19-6-4-14(5-7-19)9-15(14,16)17/h2-3,8H,4-7,9H2,1H3. The summed E-state index contributed by atoms with van der Waals surface area (Å²) in [7, 11) is 0. The Bertz CT molecular complexity index is 690. The number of hydrogen-bond donors (Lipinski definition) is 0. The Morgan fingerprint density at radius 1 is 1.29 bits per heavy atom. The fourth-order valence-electron chi connectivity index (χ4n) is 3.20. The van der Waals surface area contributed by atoms with Crippen molar-refractivity contribution in [1.29, 1.82) is 0 Å². The number of thioether (sulfide) groups is 1. The van der Waals surface area contributed by atoms with Crippen LogP contribution in [-0.4, -0.2) is 30.3 Å². The lowest BCUT2D eigenvalue weighted by Gasteiger charge is -2.31. The number of rotatable bonds is 2. The van der Waals surface area contributed by atoms with Gasteiger partial charge in [0.2, 0.25) is 0 Å². The van der Waals surface area contributed by atoms with E-state index < -0.39 is 11.3 Å². The molecule has 21 heavy (non-hydrogen) atoms. The molecule has 6 heteroatoms. The lowest BCUT2D eigenvalue weighted by molar-refractivity contribution is 0.0537. The van der Waals surface area contributed by atoms with Crippen molar-refractivity contribution in [3.8, 4) is 0 Å². The second-order valence-corrected chi connectivity index (χ2v) is 7.87. The summed E-state index contributed by atoms with van der Waals surface area (Å²) in [6, 6.07) is 6.27. The lowest BCUT2D eigenvalue weighted by Crippen LogP contribution is -2.36. The van der Waals surface area contributed by atoms with Gasteiger partial charge in [0, 0.05) is 29.8 Å². The smallest absolute Gasteiger partial charge is 0.254 e. The zero-order valence-electron chi connectivity index (χ0n) is 11.7. The zero-order valence-corrected chi connectivity index (χ0v) is 13.4. The minimum Gasteiger partial charge on any atom is -0.348 e. The molecule has 4 rings (SSSR count). The Morgan fingerprint density at radius 2 is 2.00 bits per heavy atom. The summed E-state index contributed by atoms with van der Waals surface area (Å²) in [5.41, 5.74) is 0.316. The molecule has 2 aromatic rings. The highest BCUT2D eigenvalue weighted by Crippen LogP contribution is 2.66. The third kappa shape index (κ3) is 2.14. The number of benzene rings is 1. The fraction of sp³-hybridized carbons (Fsp3) is 0.533. The molecule has 1 aliphatic carbocycles. The summed E-state index contributed by atoms with van der Waals surface area (Å²) in [4.78, 5) is 8.06. The van der Waals surface area contributed by atoms with Gasteiger partial charge in [0.25, 0.3) is 5.92 Å². The molecule has 0 radical (unpaired) electrons. The lowest BCUT2D eigenvalue weighted by atomic mass is 9.93. The van der Waals surface area contributed by atoms with Crippen LogP contribution in [0.25, 0.3) is 10.2 Å². The second-order valence-electron chi connectivity index (χ2n) is 5.98. The number of halogens is 2. The van der Waals surface area contributed by atoms with Crippen LogP contribution in [0.1, 0.15) is 19.3 Å². The van der Waals surface area contributed by atoms with Crippen LogP contribution in [0, 0.1) is 5.41 Å². The van der Waals surface area contributed by atoms with E-state index in [9.17, 15) is 8.78 Å². The number of thiazole rings is 1. The largest absolute Gasteiger partial charge is 0.348 e. The van der Waals surface area contributed by atoms with Gasteiger partial charge in [-0.1, -0.05) is 11.3 Å². The summed E-state index contributed by atoms with van der Waals surface area (Å²) >= 11 is 3.39. The van der Waals surface area contributed by atoms with Crippen molar-refractivity contribution in [2.24, 2.45) is 5.41 Å². The van der Waals surface area contributed by atoms with Crippen molar-refractivity contribution >= 4 is 38.4 Å². The molecule has 0 amide bonds. The highest BCUT2D eigenvalue weighted by molar-refractivity contribution is 7.98.